The van der Waals surface area contributed by atoms with E-state index in [-0.39, 0.29) is 11.6 Å². The van der Waals surface area contributed by atoms with Crippen LogP contribution in [0.1, 0.15) is 26.4 Å². The molecule has 1 aromatic heterocycles. The summed E-state index contributed by atoms with van der Waals surface area (Å²) in [6, 6.07) is 18.7. The van der Waals surface area contributed by atoms with Crippen LogP contribution in [0.4, 0.5) is 17.1 Å². The van der Waals surface area contributed by atoms with Crippen LogP contribution in [-0.2, 0) is 4.74 Å². The quantitative estimate of drug-likeness (QED) is 0.661. The highest BCUT2D eigenvalue weighted by Crippen LogP contribution is 2.17. The van der Waals surface area contributed by atoms with Crippen LogP contribution in [0.25, 0.3) is 0 Å². The number of carbonyl (C=O) groups excluding carboxylic acids is 2. The number of rotatable bonds is 5. The van der Waals surface area contributed by atoms with Crippen molar-refractivity contribution in [3.05, 3.63) is 83.7 Å². The Morgan fingerprint density at radius 1 is 0.929 bits per heavy atom. The predicted octanol–water partition coefficient (Wildman–Crippen LogP) is 3.74. The average molecular weight is 372 g/mol. The number of methoxy groups -OCH3 is 1. The standard InChI is InChI=1S/C21H16N4O3/c1-28-21(27)15-4-8-16(9-5-15)24-18-10-11-19(23-13-18)20(26)25-17-6-2-14(12-22)3-7-17/h2-11,13,24H,1H3,(H,25,26). The van der Waals surface area contributed by atoms with Crippen molar-refractivity contribution in [1.82, 2.24) is 4.98 Å². The zero-order valence-electron chi connectivity index (χ0n) is 15.0. The molecular weight excluding hydrogens is 356 g/mol. The van der Waals surface area contributed by atoms with Gasteiger partial charge in [-0.3, -0.25) is 4.79 Å². The van der Waals surface area contributed by atoms with E-state index in [1.165, 1.54) is 7.11 Å². The van der Waals surface area contributed by atoms with Crippen molar-refractivity contribution in [2.45, 2.75) is 0 Å². The highest BCUT2D eigenvalue weighted by molar-refractivity contribution is 6.03. The van der Waals surface area contributed by atoms with Crippen LogP contribution < -0.4 is 10.6 Å². The van der Waals surface area contributed by atoms with Gasteiger partial charge in [-0.1, -0.05) is 0 Å². The third kappa shape index (κ3) is 4.51. The van der Waals surface area contributed by atoms with E-state index >= 15 is 0 Å². The Labute approximate surface area is 161 Å². The van der Waals surface area contributed by atoms with Crippen molar-refractivity contribution < 1.29 is 14.3 Å². The van der Waals surface area contributed by atoms with Gasteiger partial charge >= 0.3 is 5.97 Å². The van der Waals surface area contributed by atoms with E-state index in [2.05, 4.69) is 20.4 Å². The van der Waals surface area contributed by atoms with Gasteiger partial charge in [0.2, 0.25) is 0 Å². The Hall–Kier alpha value is -4.18. The molecule has 2 aromatic carbocycles. The first kappa shape index (κ1) is 18.6. The Kier molecular flexibility index (Phi) is 5.63. The van der Waals surface area contributed by atoms with Crippen LogP contribution in [0.3, 0.4) is 0 Å². The van der Waals surface area contributed by atoms with Gasteiger partial charge in [-0.25, -0.2) is 9.78 Å². The molecule has 0 saturated heterocycles. The topological polar surface area (TPSA) is 104 Å². The summed E-state index contributed by atoms with van der Waals surface area (Å²) in [5.74, 6) is -0.746. The van der Waals surface area contributed by atoms with Crippen molar-refractivity contribution in [3.8, 4) is 6.07 Å². The van der Waals surface area contributed by atoms with Crippen LogP contribution in [0.2, 0.25) is 0 Å². The minimum absolute atomic E-state index is 0.260. The zero-order valence-corrected chi connectivity index (χ0v) is 15.0. The van der Waals surface area contributed by atoms with Crippen LogP contribution in [-0.4, -0.2) is 24.0 Å². The Morgan fingerprint density at radius 2 is 1.57 bits per heavy atom. The molecule has 0 spiro atoms. The third-order valence-corrected chi connectivity index (χ3v) is 3.86. The number of esters is 1. The van der Waals surface area contributed by atoms with E-state index in [9.17, 15) is 9.59 Å². The molecule has 0 fully saturated rings. The molecule has 0 unspecified atom stereocenters. The van der Waals surface area contributed by atoms with Crippen molar-refractivity contribution in [2.24, 2.45) is 0 Å². The minimum atomic E-state index is -0.397. The van der Waals surface area contributed by atoms with Gasteiger partial charge < -0.3 is 15.4 Å². The first-order chi connectivity index (χ1) is 13.6. The number of hydrogen-bond donors (Lipinski definition) is 2. The predicted molar refractivity (Wildman–Crippen MR) is 104 cm³/mol. The summed E-state index contributed by atoms with van der Waals surface area (Å²) in [6.45, 7) is 0. The maximum Gasteiger partial charge on any atom is 0.337 e. The van der Waals surface area contributed by atoms with E-state index in [1.807, 2.05) is 6.07 Å². The number of hydrogen-bond acceptors (Lipinski definition) is 6. The van der Waals surface area contributed by atoms with E-state index in [1.54, 1.807) is 66.9 Å². The van der Waals surface area contributed by atoms with Gasteiger partial charge in [0.1, 0.15) is 5.69 Å². The smallest absolute Gasteiger partial charge is 0.337 e. The van der Waals surface area contributed by atoms with Gasteiger partial charge in [-0.2, -0.15) is 5.26 Å². The first-order valence-corrected chi connectivity index (χ1v) is 8.32. The average Bonchev–Trinajstić information content (AvgIpc) is 2.74. The van der Waals surface area contributed by atoms with E-state index in [0.717, 1.165) is 5.69 Å². The summed E-state index contributed by atoms with van der Waals surface area (Å²) < 4.78 is 4.66. The zero-order chi connectivity index (χ0) is 19.9. The molecule has 0 aliphatic rings. The molecule has 1 heterocycles. The van der Waals surface area contributed by atoms with Crippen molar-refractivity contribution in [2.75, 3.05) is 17.7 Å². The van der Waals surface area contributed by atoms with Crippen LogP contribution in [0, 0.1) is 11.3 Å². The highest BCUT2D eigenvalue weighted by Gasteiger charge is 2.08. The van der Waals surface area contributed by atoms with Gasteiger partial charge in [0.25, 0.3) is 5.91 Å². The lowest BCUT2D eigenvalue weighted by atomic mass is 10.2. The summed E-state index contributed by atoms with van der Waals surface area (Å²) in [6.07, 6.45) is 1.54. The molecule has 28 heavy (non-hydrogen) atoms. The van der Waals surface area contributed by atoms with Crippen LogP contribution in [0.15, 0.2) is 66.9 Å². The molecule has 2 N–H and O–H groups in total. The molecule has 3 aromatic rings. The number of benzene rings is 2. The third-order valence-electron chi connectivity index (χ3n) is 3.86. The molecule has 3 rings (SSSR count). The second kappa shape index (κ2) is 8.47. The lowest BCUT2D eigenvalue weighted by Crippen LogP contribution is -2.13. The summed E-state index contributed by atoms with van der Waals surface area (Å²) in [5.41, 5.74) is 3.28. The number of pyridine rings is 1. The summed E-state index contributed by atoms with van der Waals surface area (Å²) in [5, 5.41) is 14.7. The van der Waals surface area contributed by atoms with Crippen molar-refractivity contribution in [1.29, 1.82) is 5.26 Å². The highest BCUT2D eigenvalue weighted by atomic mass is 16.5. The fraction of sp³-hybridized carbons (Fsp3) is 0.0476. The monoisotopic (exact) mass is 372 g/mol. The van der Waals surface area contributed by atoms with Gasteiger partial charge in [0.15, 0.2) is 0 Å². The Bertz CT molecular complexity index is 1020. The number of anilines is 3. The first-order valence-electron chi connectivity index (χ1n) is 8.32. The molecule has 0 radical (unpaired) electrons. The summed E-state index contributed by atoms with van der Waals surface area (Å²) >= 11 is 0. The molecule has 0 aliphatic carbocycles. The van der Waals surface area contributed by atoms with Gasteiger partial charge in [0, 0.05) is 11.4 Å². The Balaban J connectivity index is 1.63. The fourth-order valence-corrected chi connectivity index (χ4v) is 2.40. The van der Waals surface area contributed by atoms with E-state index in [4.69, 9.17) is 5.26 Å². The van der Waals surface area contributed by atoms with Crippen LogP contribution >= 0.6 is 0 Å². The molecule has 0 aliphatic heterocycles. The van der Waals surface area contributed by atoms with Gasteiger partial charge in [0.05, 0.1) is 36.2 Å². The largest absolute Gasteiger partial charge is 0.465 e. The maximum absolute atomic E-state index is 12.3. The molecule has 1 amide bonds. The van der Waals surface area contributed by atoms with Crippen LogP contribution in [0.5, 0.6) is 0 Å². The molecule has 7 nitrogen and oxygen atoms in total. The molecule has 7 heteroatoms. The SMILES string of the molecule is COC(=O)c1ccc(Nc2ccc(C(=O)Nc3ccc(C#N)cc3)nc2)cc1. The molecule has 138 valence electrons. The van der Waals surface area contributed by atoms with E-state index < -0.39 is 5.97 Å². The molecule has 0 bridgehead atoms. The van der Waals surface area contributed by atoms with Crippen molar-refractivity contribution in [3.63, 3.8) is 0 Å². The van der Waals surface area contributed by atoms with Gasteiger partial charge in [-0.05, 0) is 60.7 Å². The molecular formula is C21H16N4O3. The number of ether oxygens (including phenoxy) is 1. The maximum atomic E-state index is 12.3. The molecule has 0 saturated carbocycles. The summed E-state index contributed by atoms with van der Waals surface area (Å²) in [7, 11) is 1.33. The van der Waals surface area contributed by atoms with E-state index in [0.29, 0.717) is 22.5 Å². The molecule has 0 atom stereocenters. The lowest BCUT2D eigenvalue weighted by molar-refractivity contribution is 0.0600. The number of carbonyl (C=O) groups is 2. The number of nitrogens with zero attached hydrogens (tertiary/aromatic N) is 2. The number of nitriles is 1. The lowest BCUT2D eigenvalue weighted by Gasteiger charge is -2.08. The second-order valence-corrected chi connectivity index (χ2v) is 5.77. The minimum Gasteiger partial charge on any atom is -0.465 e. The normalized spacial score (nSPS) is 9.86. The number of nitrogens with one attached hydrogen (secondary N) is 2. The second-order valence-electron chi connectivity index (χ2n) is 5.77. The van der Waals surface area contributed by atoms with Crippen molar-refractivity contribution >= 4 is 28.9 Å². The number of aromatic nitrogens is 1. The Morgan fingerprint density at radius 3 is 2.14 bits per heavy atom. The number of amides is 1. The summed E-state index contributed by atoms with van der Waals surface area (Å²) in [4.78, 5) is 27.9. The fourth-order valence-electron chi connectivity index (χ4n) is 2.40. The van der Waals surface area contributed by atoms with Gasteiger partial charge in [-0.15, -0.1) is 0 Å².